The molecule has 0 aliphatic carbocycles. The molecule has 22 heavy (non-hydrogen) atoms. The second-order valence-electron chi connectivity index (χ2n) is 5.59. The quantitative estimate of drug-likeness (QED) is 0.775. The number of nitrogens with one attached hydrogen (secondary N) is 2. The highest BCUT2D eigenvalue weighted by Gasteiger charge is 2.24. The summed E-state index contributed by atoms with van der Waals surface area (Å²) in [6, 6.07) is 11.1. The topological polar surface area (TPSA) is 40.7 Å². The Morgan fingerprint density at radius 3 is 2.55 bits per heavy atom. The molecule has 0 unspecified atom stereocenters. The van der Waals surface area contributed by atoms with E-state index < -0.39 is 0 Å². The van der Waals surface area contributed by atoms with Gasteiger partial charge in [0.25, 0.3) is 0 Å². The molecule has 1 aromatic carbocycles. The van der Waals surface area contributed by atoms with Gasteiger partial charge < -0.3 is 10.3 Å². The van der Waals surface area contributed by atoms with Gasteiger partial charge in [0.05, 0.1) is 5.69 Å². The van der Waals surface area contributed by atoms with E-state index in [1.807, 2.05) is 24.4 Å². The minimum Gasteiger partial charge on any atom is -0.361 e. The van der Waals surface area contributed by atoms with E-state index in [1.54, 1.807) is 18.5 Å². The summed E-state index contributed by atoms with van der Waals surface area (Å²) in [6.45, 7) is 1.82. The fourth-order valence-electron chi connectivity index (χ4n) is 2.98. The van der Waals surface area contributed by atoms with Crippen LogP contribution in [0, 0.1) is 5.82 Å². The van der Waals surface area contributed by atoms with Crippen molar-refractivity contribution in [2.24, 2.45) is 0 Å². The minimum atomic E-state index is -0.174. The second kappa shape index (κ2) is 5.39. The van der Waals surface area contributed by atoms with Gasteiger partial charge in [-0.15, -0.1) is 0 Å². The maximum Gasteiger partial charge on any atom is 0.123 e. The van der Waals surface area contributed by atoms with Crippen LogP contribution in [0.2, 0.25) is 0 Å². The van der Waals surface area contributed by atoms with E-state index in [2.05, 4.69) is 21.4 Å². The largest absolute Gasteiger partial charge is 0.361 e. The Labute approximate surface area is 128 Å². The van der Waals surface area contributed by atoms with Crippen molar-refractivity contribution in [3.05, 3.63) is 66.4 Å². The molecule has 1 aliphatic rings. The number of halogens is 1. The molecule has 2 aromatic heterocycles. The third kappa shape index (κ3) is 2.22. The number of aromatic nitrogens is 2. The lowest BCUT2D eigenvalue weighted by Gasteiger charge is -2.29. The minimum absolute atomic E-state index is 0.174. The highest BCUT2D eigenvalue weighted by atomic mass is 19.1. The summed E-state index contributed by atoms with van der Waals surface area (Å²) < 4.78 is 13.7. The maximum atomic E-state index is 13.7. The van der Waals surface area contributed by atoms with Gasteiger partial charge in [0.1, 0.15) is 5.82 Å². The molecule has 3 heterocycles. The van der Waals surface area contributed by atoms with Crippen LogP contribution in [-0.4, -0.2) is 23.1 Å². The van der Waals surface area contributed by atoms with Crippen molar-refractivity contribution in [1.29, 1.82) is 0 Å². The zero-order valence-electron chi connectivity index (χ0n) is 12.0. The van der Waals surface area contributed by atoms with Gasteiger partial charge in [-0.3, -0.25) is 4.98 Å². The van der Waals surface area contributed by atoms with E-state index in [4.69, 9.17) is 0 Å². The highest BCUT2D eigenvalue weighted by molar-refractivity contribution is 5.83. The summed E-state index contributed by atoms with van der Waals surface area (Å²) in [6.07, 6.45) is 5.49. The predicted molar refractivity (Wildman–Crippen MR) is 85.0 cm³/mol. The van der Waals surface area contributed by atoms with E-state index in [9.17, 15) is 4.39 Å². The predicted octanol–water partition coefficient (Wildman–Crippen LogP) is 3.57. The lowest BCUT2D eigenvalue weighted by atomic mass is 9.86. The van der Waals surface area contributed by atoms with Crippen LogP contribution >= 0.6 is 0 Å². The third-order valence-electron chi connectivity index (χ3n) is 4.24. The van der Waals surface area contributed by atoms with Crippen LogP contribution in [0.25, 0.3) is 22.4 Å². The summed E-state index contributed by atoms with van der Waals surface area (Å²) in [4.78, 5) is 7.37. The van der Waals surface area contributed by atoms with Gasteiger partial charge in [0.2, 0.25) is 0 Å². The van der Waals surface area contributed by atoms with Crippen molar-refractivity contribution >= 4 is 0 Å². The smallest absolute Gasteiger partial charge is 0.123 e. The Bertz CT molecular complexity index is 791. The average molecular weight is 293 g/mol. The number of rotatable bonds is 3. The van der Waals surface area contributed by atoms with E-state index in [-0.39, 0.29) is 5.82 Å². The van der Waals surface area contributed by atoms with Gasteiger partial charge in [-0.05, 0) is 41.5 Å². The molecule has 3 nitrogen and oxygen atoms in total. The van der Waals surface area contributed by atoms with Crippen molar-refractivity contribution in [2.75, 3.05) is 13.1 Å². The number of H-pyrrole nitrogens is 1. The fourth-order valence-corrected chi connectivity index (χ4v) is 2.98. The summed E-state index contributed by atoms with van der Waals surface area (Å²) in [5.41, 5.74) is 5.40. The Hall–Kier alpha value is -2.46. The molecular weight excluding hydrogens is 277 g/mol. The first-order valence-electron chi connectivity index (χ1n) is 7.41. The monoisotopic (exact) mass is 293 g/mol. The van der Waals surface area contributed by atoms with Crippen LogP contribution in [0.4, 0.5) is 4.39 Å². The number of hydrogen-bond donors (Lipinski definition) is 2. The molecule has 110 valence electrons. The molecule has 0 radical (unpaired) electrons. The van der Waals surface area contributed by atoms with Gasteiger partial charge in [0, 0.05) is 48.7 Å². The fraction of sp³-hybridized carbons (Fsp3) is 0.167. The Morgan fingerprint density at radius 2 is 1.82 bits per heavy atom. The Morgan fingerprint density at radius 1 is 1.00 bits per heavy atom. The van der Waals surface area contributed by atoms with Crippen LogP contribution in [0.15, 0.2) is 55.0 Å². The summed E-state index contributed by atoms with van der Waals surface area (Å²) in [5.74, 6) is 0.206. The number of nitrogens with zero attached hydrogens (tertiary/aromatic N) is 1. The van der Waals surface area contributed by atoms with Gasteiger partial charge in [0.15, 0.2) is 0 Å². The molecule has 3 aromatic rings. The molecule has 4 rings (SSSR count). The molecule has 2 N–H and O–H groups in total. The first-order valence-corrected chi connectivity index (χ1v) is 7.41. The summed E-state index contributed by atoms with van der Waals surface area (Å²) in [7, 11) is 0. The molecule has 0 amide bonds. The Balaban J connectivity index is 1.85. The van der Waals surface area contributed by atoms with Crippen molar-refractivity contribution < 1.29 is 4.39 Å². The molecule has 0 bridgehead atoms. The van der Waals surface area contributed by atoms with Crippen molar-refractivity contribution in [1.82, 2.24) is 15.3 Å². The zero-order chi connectivity index (χ0) is 14.9. The molecule has 1 fully saturated rings. The van der Waals surface area contributed by atoms with Gasteiger partial charge in [-0.1, -0.05) is 6.07 Å². The van der Waals surface area contributed by atoms with Crippen LogP contribution in [-0.2, 0) is 0 Å². The van der Waals surface area contributed by atoms with Crippen LogP contribution < -0.4 is 5.32 Å². The third-order valence-corrected chi connectivity index (χ3v) is 4.24. The summed E-state index contributed by atoms with van der Waals surface area (Å²) >= 11 is 0. The summed E-state index contributed by atoms with van der Waals surface area (Å²) in [5, 5.41) is 3.26. The molecule has 0 saturated carbocycles. The van der Waals surface area contributed by atoms with Crippen molar-refractivity contribution in [3.8, 4) is 22.4 Å². The Kier molecular flexibility index (Phi) is 3.24. The number of hydrogen-bond acceptors (Lipinski definition) is 2. The van der Waals surface area contributed by atoms with Gasteiger partial charge in [-0.25, -0.2) is 4.39 Å². The van der Waals surface area contributed by atoms with Crippen LogP contribution in [0.3, 0.4) is 0 Å². The van der Waals surface area contributed by atoms with E-state index in [0.29, 0.717) is 5.92 Å². The molecule has 0 atom stereocenters. The highest BCUT2D eigenvalue weighted by Crippen LogP contribution is 2.37. The van der Waals surface area contributed by atoms with E-state index in [1.165, 1.54) is 6.07 Å². The lowest BCUT2D eigenvalue weighted by molar-refractivity contribution is 0.447. The van der Waals surface area contributed by atoms with Crippen molar-refractivity contribution in [2.45, 2.75) is 5.92 Å². The molecule has 1 saturated heterocycles. The molecule has 4 heteroatoms. The molecular formula is C18H16FN3. The standard InChI is InChI=1S/C18H16FN3/c19-14-1-2-15(17(9-14)13-10-21-11-13)16-5-8-22-18(16)12-3-6-20-7-4-12/h1-9,13,21-22H,10-11H2. The van der Waals surface area contributed by atoms with Gasteiger partial charge >= 0.3 is 0 Å². The average Bonchev–Trinajstić information content (AvgIpc) is 2.96. The van der Waals surface area contributed by atoms with Crippen LogP contribution in [0.5, 0.6) is 0 Å². The number of pyridine rings is 1. The second-order valence-corrected chi connectivity index (χ2v) is 5.59. The van der Waals surface area contributed by atoms with Gasteiger partial charge in [-0.2, -0.15) is 0 Å². The molecule has 1 aliphatic heterocycles. The van der Waals surface area contributed by atoms with Crippen molar-refractivity contribution in [3.63, 3.8) is 0 Å². The molecule has 0 spiro atoms. The number of benzene rings is 1. The van der Waals surface area contributed by atoms with Crippen LogP contribution in [0.1, 0.15) is 11.5 Å². The van der Waals surface area contributed by atoms with E-state index >= 15 is 0 Å². The first-order chi connectivity index (χ1) is 10.8. The zero-order valence-corrected chi connectivity index (χ0v) is 12.0. The van der Waals surface area contributed by atoms with E-state index in [0.717, 1.165) is 41.0 Å². The maximum absolute atomic E-state index is 13.7. The normalized spacial score (nSPS) is 14.8. The lowest BCUT2D eigenvalue weighted by Crippen LogP contribution is -2.40. The first kappa shape index (κ1) is 13.2. The number of aromatic amines is 1. The SMILES string of the molecule is Fc1ccc(-c2cc[nH]c2-c2ccncc2)c(C2CNC2)c1.